The SMILES string of the molecule is NC1CCCC1CNC(=O)c1cnn2ccncc12. The second kappa shape index (κ2) is 4.97. The zero-order chi connectivity index (χ0) is 13.2. The molecule has 3 rings (SSSR count). The molecule has 6 heteroatoms. The number of rotatable bonds is 3. The van der Waals surface area contributed by atoms with Crippen LogP contribution >= 0.6 is 0 Å². The number of hydrogen-bond acceptors (Lipinski definition) is 4. The van der Waals surface area contributed by atoms with Crippen molar-refractivity contribution in [2.24, 2.45) is 11.7 Å². The van der Waals surface area contributed by atoms with Crippen LogP contribution in [-0.2, 0) is 0 Å². The Morgan fingerprint density at radius 1 is 1.47 bits per heavy atom. The molecule has 0 spiro atoms. The van der Waals surface area contributed by atoms with E-state index in [0.29, 0.717) is 18.0 Å². The van der Waals surface area contributed by atoms with Crippen molar-refractivity contribution >= 4 is 11.4 Å². The van der Waals surface area contributed by atoms with E-state index in [1.807, 2.05) is 0 Å². The maximum Gasteiger partial charge on any atom is 0.255 e. The number of carbonyl (C=O) groups is 1. The van der Waals surface area contributed by atoms with Crippen LogP contribution in [0.5, 0.6) is 0 Å². The van der Waals surface area contributed by atoms with E-state index in [4.69, 9.17) is 5.73 Å². The Bertz CT molecular complexity index is 593. The largest absolute Gasteiger partial charge is 0.352 e. The summed E-state index contributed by atoms with van der Waals surface area (Å²) in [5, 5.41) is 7.08. The van der Waals surface area contributed by atoms with Crippen LogP contribution < -0.4 is 11.1 Å². The lowest BCUT2D eigenvalue weighted by Crippen LogP contribution is -2.35. The second-order valence-electron chi connectivity index (χ2n) is 5.03. The van der Waals surface area contributed by atoms with Gasteiger partial charge >= 0.3 is 0 Å². The molecule has 1 fully saturated rings. The third-order valence-electron chi connectivity index (χ3n) is 3.81. The number of amides is 1. The van der Waals surface area contributed by atoms with Crippen molar-refractivity contribution in [2.45, 2.75) is 25.3 Å². The Labute approximate surface area is 111 Å². The van der Waals surface area contributed by atoms with E-state index < -0.39 is 0 Å². The van der Waals surface area contributed by atoms with Gasteiger partial charge in [-0.05, 0) is 18.8 Å². The molecule has 0 saturated heterocycles. The van der Waals surface area contributed by atoms with Gasteiger partial charge in [0.2, 0.25) is 0 Å². The van der Waals surface area contributed by atoms with Crippen molar-refractivity contribution < 1.29 is 4.79 Å². The van der Waals surface area contributed by atoms with Gasteiger partial charge in [-0.3, -0.25) is 9.78 Å². The summed E-state index contributed by atoms with van der Waals surface area (Å²) in [6, 6.07) is 0.214. The molecular weight excluding hydrogens is 242 g/mol. The van der Waals surface area contributed by atoms with Crippen molar-refractivity contribution in [3.05, 3.63) is 30.4 Å². The van der Waals surface area contributed by atoms with Gasteiger partial charge in [-0.1, -0.05) is 6.42 Å². The summed E-state index contributed by atoms with van der Waals surface area (Å²) in [5.74, 6) is 0.283. The van der Waals surface area contributed by atoms with Crippen LogP contribution in [0.3, 0.4) is 0 Å². The number of nitrogens with zero attached hydrogens (tertiary/aromatic N) is 3. The van der Waals surface area contributed by atoms with Gasteiger partial charge < -0.3 is 11.1 Å². The molecular formula is C13H17N5O. The van der Waals surface area contributed by atoms with Gasteiger partial charge in [-0.2, -0.15) is 5.10 Å². The monoisotopic (exact) mass is 259 g/mol. The molecule has 0 radical (unpaired) electrons. The van der Waals surface area contributed by atoms with Crippen molar-refractivity contribution in [3.63, 3.8) is 0 Å². The molecule has 19 heavy (non-hydrogen) atoms. The minimum Gasteiger partial charge on any atom is -0.352 e. The highest BCUT2D eigenvalue weighted by molar-refractivity contribution is 6.00. The molecule has 2 atom stereocenters. The molecule has 2 unspecified atom stereocenters. The van der Waals surface area contributed by atoms with Crippen LogP contribution in [0.1, 0.15) is 29.6 Å². The molecule has 2 aromatic rings. The quantitative estimate of drug-likeness (QED) is 0.844. The van der Waals surface area contributed by atoms with Crippen LogP contribution in [-0.4, -0.2) is 33.1 Å². The number of aromatic nitrogens is 3. The predicted octanol–water partition coefficient (Wildman–Crippen LogP) is 0.587. The summed E-state index contributed by atoms with van der Waals surface area (Å²) in [4.78, 5) is 16.2. The first-order valence-electron chi connectivity index (χ1n) is 6.57. The van der Waals surface area contributed by atoms with Crippen LogP contribution in [0, 0.1) is 5.92 Å². The fourth-order valence-corrected chi connectivity index (χ4v) is 2.65. The number of nitrogens with one attached hydrogen (secondary N) is 1. The summed E-state index contributed by atoms with van der Waals surface area (Å²) in [7, 11) is 0. The lowest BCUT2D eigenvalue weighted by atomic mass is 10.0. The fraction of sp³-hybridized carbons (Fsp3) is 0.462. The summed E-state index contributed by atoms with van der Waals surface area (Å²) < 4.78 is 1.64. The third kappa shape index (κ3) is 2.31. The highest BCUT2D eigenvalue weighted by atomic mass is 16.1. The molecule has 1 amide bonds. The maximum absolute atomic E-state index is 12.2. The lowest BCUT2D eigenvalue weighted by molar-refractivity contribution is 0.0948. The molecule has 100 valence electrons. The second-order valence-corrected chi connectivity index (χ2v) is 5.03. The van der Waals surface area contributed by atoms with Gasteiger partial charge in [0.05, 0.1) is 23.5 Å². The molecule has 0 aromatic carbocycles. The van der Waals surface area contributed by atoms with E-state index in [1.54, 1.807) is 29.3 Å². The van der Waals surface area contributed by atoms with Crippen LogP contribution in [0.25, 0.3) is 5.52 Å². The maximum atomic E-state index is 12.2. The Morgan fingerprint density at radius 3 is 3.16 bits per heavy atom. The van der Waals surface area contributed by atoms with E-state index in [0.717, 1.165) is 24.8 Å². The zero-order valence-corrected chi connectivity index (χ0v) is 10.6. The summed E-state index contributed by atoms with van der Waals surface area (Å²) >= 11 is 0. The Kier molecular flexibility index (Phi) is 3.16. The standard InChI is InChI=1S/C13H17N5O/c14-11-3-1-2-9(11)6-16-13(19)10-7-17-18-5-4-15-8-12(10)18/h4-5,7-9,11H,1-3,6,14H2,(H,16,19). The van der Waals surface area contributed by atoms with Crippen molar-refractivity contribution in [1.82, 2.24) is 19.9 Å². The van der Waals surface area contributed by atoms with Gasteiger partial charge in [0.25, 0.3) is 5.91 Å². The first-order valence-corrected chi connectivity index (χ1v) is 6.57. The van der Waals surface area contributed by atoms with Crippen LogP contribution in [0.4, 0.5) is 0 Å². The van der Waals surface area contributed by atoms with E-state index in [-0.39, 0.29) is 11.9 Å². The smallest absolute Gasteiger partial charge is 0.255 e. The molecule has 6 nitrogen and oxygen atoms in total. The van der Waals surface area contributed by atoms with Gasteiger partial charge in [0.1, 0.15) is 0 Å². The van der Waals surface area contributed by atoms with Crippen molar-refractivity contribution in [2.75, 3.05) is 6.54 Å². The third-order valence-corrected chi connectivity index (χ3v) is 3.81. The Hall–Kier alpha value is -1.95. The average molecular weight is 259 g/mol. The van der Waals surface area contributed by atoms with Gasteiger partial charge in [-0.25, -0.2) is 4.52 Å². The molecule has 2 aromatic heterocycles. The highest BCUT2D eigenvalue weighted by Crippen LogP contribution is 2.23. The average Bonchev–Trinajstić information content (AvgIpc) is 3.02. The molecule has 1 aliphatic carbocycles. The van der Waals surface area contributed by atoms with Crippen LogP contribution in [0.2, 0.25) is 0 Å². The number of carbonyl (C=O) groups excluding carboxylic acids is 1. The van der Waals surface area contributed by atoms with Gasteiger partial charge in [0.15, 0.2) is 0 Å². The first kappa shape index (κ1) is 12.1. The first-order chi connectivity index (χ1) is 9.25. The lowest BCUT2D eigenvalue weighted by Gasteiger charge is -2.15. The van der Waals surface area contributed by atoms with Crippen LogP contribution in [0.15, 0.2) is 24.8 Å². The van der Waals surface area contributed by atoms with Crippen molar-refractivity contribution in [3.8, 4) is 0 Å². The summed E-state index contributed by atoms with van der Waals surface area (Å²) in [6.07, 6.45) is 9.88. The topological polar surface area (TPSA) is 85.3 Å². The molecule has 3 N–H and O–H groups in total. The Balaban J connectivity index is 1.70. The Morgan fingerprint density at radius 2 is 2.37 bits per heavy atom. The minimum atomic E-state index is -0.109. The molecule has 0 aliphatic heterocycles. The summed E-state index contributed by atoms with van der Waals surface area (Å²) in [6.45, 7) is 0.637. The van der Waals surface area contributed by atoms with Gasteiger partial charge in [0, 0.05) is 25.0 Å². The predicted molar refractivity (Wildman–Crippen MR) is 70.6 cm³/mol. The fourth-order valence-electron chi connectivity index (χ4n) is 2.65. The van der Waals surface area contributed by atoms with E-state index in [1.165, 1.54) is 0 Å². The number of fused-ring (bicyclic) bond motifs is 1. The number of nitrogens with two attached hydrogens (primary N) is 1. The minimum absolute atomic E-state index is 0.109. The highest BCUT2D eigenvalue weighted by Gasteiger charge is 2.24. The van der Waals surface area contributed by atoms with E-state index in [9.17, 15) is 4.79 Å². The van der Waals surface area contributed by atoms with Gasteiger partial charge in [-0.15, -0.1) is 0 Å². The van der Waals surface area contributed by atoms with E-state index in [2.05, 4.69) is 15.4 Å². The molecule has 0 bridgehead atoms. The summed E-state index contributed by atoms with van der Waals surface area (Å²) in [5.41, 5.74) is 7.27. The molecule has 2 heterocycles. The van der Waals surface area contributed by atoms with Crippen molar-refractivity contribution in [1.29, 1.82) is 0 Å². The molecule has 1 saturated carbocycles. The zero-order valence-electron chi connectivity index (χ0n) is 10.6. The molecule has 1 aliphatic rings. The normalized spacial score (nSPS) is 22.8. The van der Waals surface area contributed by atoms with E-state index >= 15 is 0 Å². The number of hydrogen-bond donors (Lipinski definition) is 2.